The number of aldehydes is 1. The van der Waals surface area contributed by atoms with Crippen LogP contribution in [0.5, 0.6) is 0 Å². The number of aliphatic hydroxyl groups excluding tert-OH is 8. The van der Waals surface area contributed by atoms with Gasteiger partial charge in [-0.1, -0.05) is 31.9 Å². The van der Waals surface area contributed by atoms with Crippen molar-refractivity contribution in [1.82, 2.24) is 0 Å². The summed E-state index contributed by atoms with van der Waals surface area (Å²) >= 11 is 5.72. The van der Waals surface area contributed by atoms with Crippen molar-refractivity contribution in [3.8, 4) is 0 Å². The Morgan fingerprint density at radius 1 is 1.04 bits per heavy atom. The summed E-state index contributed by atoms with van der Waals surface area (Å²) in [6.07, 6.45) is -8.47. The van der Waals surface area contributed by atoms with Crippen molar-refractivity contribution < 1.29 is 50.4 Å². The third kappa shape index (κ3) is 6.88. The van der Waals surface area contributed by atoms with Gasteiger partial charge in [0.15, 0.2) is 6.29 Å². The lowest BCUT2D eigenvalue weighted by Gasteiger charge is -2.37. The van der Waals surface area contributed by atoms with Gasteiger partial charge in [-0.05, 0) is 0 Å². The van der Waals surface area contributed by atoms with E-state index in [1.165, 1.54) is 0 Å². The molecule has 144 valence electrons. The fourth-order valence-electron chi connectivity index (χ4n) is 1.67. The highest BCUT2D eigenvalue weighted by atomic mass is 79.9. The molecule has 1 saturated heterocycles. The standard InChI is InChI=1S/2C6H11BrO5/c7-3-5(10)4(9)2(1-8)12-6(3)11;7-3(1-8)5(11)6(12)4(10)2-9/h2-6,8-11H,1H2;1,3-6,9-12H,2H2/t2-,3+,4-,5-,6?;3-,4-,5-,6-/m11/s1. The normalized spacial score (nSPS) is 35.2. The fraction of sp³-hybridized carbons (Fsp3) is 0.917. The second kappa shape index (κ2) is 11.8. The summed E-state index contributed by atoms with van der Waals surface area (Å²) in [5.74, 6) is 0. The van der Waals surface area contributed by atoms with Crippen molar-refractivity contribution in [2.24, 2.45) is 0 Å². The summed E-state index contributed by atoms with van der Waals surface area (Å²) in [5.41, 5.74) is 0. The first kappa shape index (κ1) is 24.3. The summed E-state index contributed by atoms with van der Waals surface area (Å²) in [6, 6.07) is 0. The Balaban J connectivity index is 0.000000441. The molecule has 1 unspecified atom stereocenters. The smallest absolute Gasteiger partial charge is 0.170 e. The molecule has 0 amide bonds. The minimum Gasteiger partial charge on any atom is -0.394 e. The zero-order valence-electron chi connectivity index (χ0n) is 12.3. The number of aliphatic hydroxyl groups is 8. The number of alkyl halides is 2. The molecule has 12 heteroatoms. The molecule has 0 saturated carbocycles. The van der Waals surface area contributed by atoms with Crippen LogP contribution in [0.3, 0.4) is 0 Å². The van der Waals surface area contributed by atoms with Gasteiger partial charge in [0.05, 0.1) is 29.0 Å². The molecule has 0 aromatic rings. The van der Waals surface area contributed by atoms with Crippen molar-refractivity contribution >= 4 is 38.1 Å². The summed E-state index contributed by atoms with van der Waals surface area (Å²) in [6.45, 7) is -1.11. The average Bonchev–Trinajstić information content (AvgIpc) is 2.60. The van der Waals surface area contributed by atoms with Gasteiger partial charge in [0.1, 0.15) is 36.8 Å². The van der Waals surface area contributed by atoms with E-state index in [2.05, 4.69) is 31.9 Å². The van der Waals surface area contributed by atoms with Crippen LogP contribution in [-0.4, -0.2) is 113 Å². The van der Waals surface area contributed by atoms with Crippen LogP contribution in [0.15, 0.2) is 0 Å². The third-order valence-electron chi connectivity index (χ3n) is 3.21. The Hall–Kier alpha value is 0.270. The minimum absolute atomic E-state index is 0.387. The molecule has 0 aromatic carbocycles. The van der Waals surface area contributed by atoms with Crippen LogP contribution in [0.1, 0.15) is 0 Å². The molecule has 9 atom stereocenters. The van der Waals surface area contributed by atoms with Crippen LogP contribution in [0.25, 0.3) is 0 Å². The van der Waals surface area contributed by atoms with Gasteiger partial charge in [-0.25, -0.2) is 0 Å². The predicted molar refractivity (Wildman–Crippen MR) is 86.6 cm³/mol. The maximum Gasteiger partial charge on any atom is 0.170 e. The van der Waals surface area contributed by atoms with Gasteiger partial charge in [0.2, 0.25) is 0 Å². The summed E-state index contributed by atoms with van der Waals surface area (Å²) in [7, 11) is 0. The second-order valence-electron chi connectivity index (χ2n) is 4.98. The van der Waals surface area contributed by atoms with E-state index in [9.17, 15) is 15.0 Å². The van der Waals surface area contributed by atoms with Gasteiger partial charge in [-0.15, -0.1) is 0 Å². The zero-order chi connectivity index (χ0) is 19.0. The first-order valence-corrected chi connectivity index (χ1v) is 8.64. The Kier molecular flexibility index (Phi) is 11.9. The topological polar surface area (TPSA) is 188 Å². The molecule has 1 aliphatic rings. The first-order chi connectivity index (χ1) is 11.1. The van der Waals surface area contributed by atoms with Gasteiger partial charge in [0.25, 0.3) is 0 Å². The van der Waals surface area contributed by atoms with Crippen LogP contribution < -0.4 is 0 Å². The summed E-state index contributed by atoms with van der Waals surface area (Å²) < 4.78 is 4.78. The molecule has 0 bridgehead atoms. The van der Waals surface area contributed by atoms with E-state index in [0.29, 0.717) is 6.29 Å². The van der Waals surface area contributed by atoms with E-state index < -0.39 is 65.8 Å². The number of hydrogen-bond acceptors (Lipinski definition) is 10. The highest BCUT2D eigenvalue weighted by Gasteiger charge is 2.42. The third-order valence-corrected chi connectivity index (χ3v) is 4.96. The lowest BCUT2D eigenvalue weighted by Crippen LogP contribution is -2.56. The molecular formula is C12H22Br2O10. The van der Waals surface area contributed by atoms with E-state index in [0.717, 1.165) is 0 Å². The Labute approximate surface area is 154 Å². The molecule has 1 aliphatic heterocycles. The van der Waals surface area contributed by atoms with Crippen molar-refractivity contribution in [1.29, 1.82) is 0 Å². The molecule has 10 nitrogen and oxygen atoms in total. The van der Waals surface area contributed by atoms with Crippen LogP contribution in [0.2, 0.25) is 0 Å². The van der Waals surface area contributed by atoms with Crippen molar-refractivity contribution in [2.45, 2.75) is 52.6 Å². The first-order valence-electron chi connectivity index (χ1n) is 6.81. The monoisotopic (exact) mass is 484 g/mol. The average molecular weight is 486 g/mol. The predicted octanol–water partition coefficient (Wildman–Crippen LogP) is -3.79. The molecule has 8 N–H and O–H groups in total. The van der Waals surface area contributed by atoms with Gasteiger partial charge in [-0.2, -0.15) is 0 Å². The van der Waals surface area contributed by atoms with Gasteiger partial charge in [0, 0.05) is 0 Å². The largest absolute Gasteiger partial charge is 0.394 e. The van der Waals surface area contributed by atoms with Crippen LogP contribution in [-0.2, 0) is 9.53 Å². The van der Waals surface area contributed by atoms with Crippen LogP contribution in [0, 0.1) is 0 Å². The van der Waals surface area contributed by atoms with Gasteiger partial charge >= 0.3 is 0 Å². The number of carbonyl (C=O) groups excluding carboxylic acids is 1. The maximum absolute atomic E-state index is 10.1. The number of ether oxygens (including phenoxy) is 1. The Morgan fingerprint density at radius 2 is 1.58 bits per heavy atom. The van der Waals surface area contributed by atoms with Gasteiger partial charge in [-0.3, -0.25) is 0 Å². The molecule has 1 fully saturated rings. The zero-order valence-corrected chi connectivity index (χ0v) is 15.5. The minimum atomic E-state index is -1.54. The fourth-order valence-corrected chi connectivity index (χ4v) is 2.42. The molecule has 1 heterocycles. The highest BCUT2D eigenvalue weighted by Crippen LogP contribution is 2.24. The second-order valence-corrected chi connectivity index (χ2v) is 7.10. The molecule has 1 rings (SSSR count). The van der Waals surface area contributed by atoms with E-state index in [1.807, 2.05) is 0 Å². The van der Waals surface area contributed by atoms with E-state index in [1.54, 1.807) is 0 Å². The highest BCUT2D eigenvalue weighted by molar-refractivity contribution is 9.10. The molecule has 0 spiro atoms. The number of hydrogen-bond donors (Lipinski definition) is 8. The lowest BCUT2D eigenvalue weighted by molar-refractivity contribution is -0.233. The quantitative estimate of drug-likeness (QED) is 0.137. The van der Waals surface area contributed by atoms with E-state index >= 15 is 0 Å². The molecule has 0 aromatic heterocycles. The van der Waals surface area contributed by atoms with Crippen LogP contribution in [0.4, 0.5) is 0 Å². The number of halogens is 2. The van der Waals surface area contributed by atoms with Crippen molar-refractivity contribution in [3.05, 3.63) is 0 Å². The Bertz CT molecular complexity index is 358. The van der Waals surface area contributed by atoms with Crippen molar-refractivity contribution in [2.75, 3.05) is 13.2 Å². The lowest BCUT2D eigenvalue weighted by atomic mass is 10.0. The van der Waals surface area contributed by atoms with E-state index in [-0.39, 0.29) is 0 Å². The summed E-state index contributed by atoms with van der Waals surface area (Å²) in [5, 5.41) is 71.7. The van der Waals surface area contributed by atoms with Crippen molar-refractivity contribution in [3.63, 3.8) is 0 Å². The van der Waals surface area contributed by atoms with Crippen LogP contribution >= 0.6 is 31.9 Å². The van der Waals surface area contributed by atoms with E-state index in [4.69, 9.17) is 35.4 Å². The Morgan fingerprint density at radius 3 is 2.00 bits per heavy atom. The maximum atomic E-state index is 10.1. The number of carbonyl (C=O) groups is 1. The molecule has 0 aliphatic carbocycles. The molecule has 0 radical (unpaired) electrons. The molecule has 24 heavy (non-hydrogen) atoms. The van der Waals surface area contributed by atoms with Gasteiger partial charge < -0.3 is 50.4 Å². The SMILES string of the molecule is O=C[C@@H](Br)[C@@H](O)[C@H](O)[C@H](O)CO.OC[C@H]1OC(O)[C@@H](Br)[C@@H](O)[C@@H]1O. The molecular weight excluding hydrogens is 464 g/mol. The number of rotatable bonds is 6. The summed E-state index contributed by atoms with van der Waals surface area (Å²) in [4.78, 5) is 8.42.